The molecule has 3 saturated heterocycles. The van der Waals surface area contributed by atoms with Crippen LogP contribution in [-0.4, -0.2) is 106 Å². The maximum atomic E-state index is 13.6. The fraction of sp³-hybridized carbons (Fsp3) is 0.381. The standard InChI is InChI=1S/C42H41F3N8O4/c43-42(44,45)25-52-34-9-13-46-24-33(34)30-4-1-27(21-36(30)52)28-2-7-37(47-23-28)51-15-11-26(12-16-51)10-14-49-17-19-50(20-18-49)29-3-5-31-32(22-29)41(57)53(40(31)56)35-6-8-38(54)48-39(35)55/h1-5,7,9,13,21-24,26,35H,6,8,10-12,14-20,25H2,(H,48,54,55). The SMILES string of the molecule is O=C1CCC(N2C(=O)c3ccc(N4CCN(CCC5CCN(c6ccc(-c7ccc8c9cnccc9n(CC(F)(F)F)c8c7)cn6)CC5)CC4)cc3C2=O)C(=O)N1. The number of pyridine rings is 2. The Morgan fingerprint density at radius 1 is 0.737 bits per heavy atom. The number of piperidine rings is 2. The summed E-state index contributed by atoms with van der Waals surface area (Å²) in [6, 6.07) is 15.5. The van der Waals surface area contributed by atoms with E-state index in [4.69, 9.17) is 4.98 Å². The van der Waals surface area contributed by atoms with Gasteiger partial charge in [0, 0.05) is 86.3 Å². The van der Waals surface area contributed by atoms with Gasteiger partial charge in [-0.05, 0) is 86.2 Å². The van der Waals surface area contributed by atoms with Crippen molar-refractivity contribution in [2.45, 2.75) is 50.9 Å². The molecule has 0 radical (unpaired) electrons. The Kier molecular flexibility index (Phi) is 9.42. The van der Waals surface area contributed by atoms with Gasteiger partial charge in [0.1, 0.15) is 18.4 Å². The highest BCUT2D eigenvalue weighted by molar-refractivity contribution is 6.23. The summed E-state index contributed by atoms with van der Waals surface area (Å²) in [6.07, 6.45) is 4.02. The second-order valence-corrected chi connectivity index (χ2v) is 15.5. The number of nitrogens with zero attached hydrogens (tertiary/aromatic N) is 7. The first-order valence-electron chi connectivity index (χ1n) is 19.5. The highest BCUT2D eigenvalue weighted by Gasteiger charge is 2.45. The molecule has 4 amide bonds. The summed E-state index contributed by atoms with van der Waals surface area (Å²) in [4.78, 5) is 67.3. The van der Waals surface area contributed by atoms with E-state index in [1.54, 1.807) is 30.6 Å². The van der Waals surface area contributed by atoms with Crippen molar-refractivity contribution >= 4 is 56.9 Å². The Bertz CT molecular complexity index is 2400. The van der Waals surface area contributed by atoms with Gasteiger partial charge in [0.25, 0.3) is 11.8 Å². The van der Waals surface area contributed by atoms with Crippen molar-refractivity contribution in [3.63, 3.8) is 0 Å². The van der Waals surface area contributed by atoms with Crippen LogP contribution < -0.4 is 15.1 Å². The predicted octanol–water partition coefficient (Wildman–Crippen LogP) is 5.64. The average Bonchev–Trinajstić information content (AvgIpc) is 3.65. The molecule has 0 spiro atoms. The number of fused-ring (bicyclic) bond motifs is 4. The van der Waals surface area contributed by atoms with Gasteiger partial charge in [0.2, 0.25) is 11.8 Å². The number of anilines is 2. The van der Waals surface area contributed by atoms with Crippen LogP contribution in [0.3, 0.4) is 0 Å². The van der Waals surface area contributed by atoms with Crippen molar-refractivity contribution in [2.24, 2.45) is 5.92 Å². The van der Waals surface area contributed by atoms with Crippen molar-refractivity contribution < 1.29 is 32.3 Å². The Hall–Kier alpha value is -5.83. The van der Waals surface area contributed by atoms with Gasteiger partial charge in [-0.3, -0.25) is 39.3 Å². The molecule has 3 aromatic heterocycles. The number of carbonyl (C=O) groups excluding carboxylic acids is 4. The van der Waals surface area contributed by atoms with Crippen molar-refractivity contribution in [3.8, 4) is 11.1 Å². The van der Waals surface area contributed by atoms with Gasteiger partial charge in [-0.1, -0.05) is 12.1 Å². The molecule has 57 heavy (non-hydrogen) atoms. The Morgan fingerprint density at radius 2 is 1.51 bits per heavy atom. The van der Waals surface area contributed by atoms with E-state index in [0.29, 0.717) is 27.9 Å². The number of benzene rings is 2. The smallest absolute Gasteiger partial charge is 0.369 e. The zero-order chi connectivity index (χ0) is 39.4. The molecule has 4 aliphatic heterocycles. The summed E-state index contributed by atoms with van der Waals surface area (Å²) < 4.78 is 42.0. The average molecular weight is 779 g/mol. The van der Waals surface area contributed by atoms with Crippen LogP contribution in [0.25, 0.3) is 32.9 Å². The lowest BCUT2D eigenvalue weighted by atomic mass is 9.93. The third kappa shape index (κ3) is 7.09. The normalized spacial score (nSPS) is 19.9. The first-order chi connectivity index (χ1) is 27.5. The molecule has 9 rings (SSSR count). The van der Waals surface area contributed by atoms with Gasteiger partial charge in [-0.15, -0.1) is 0 Å². The van der Waals surface area contributed by atoms with Crippen LogP contribution in [0.4, 0.5) is 24.7 Å². The third-order valence-electron chi connectivity index (χ3n) is 12.0. The summed E-state index contributed by atoms with van der Waals surface area (Å²) in [5.41, 5.74) is 4.11. The molecule has 2 aromatic carbocycles. The fourth-order valence-corrected chi connectivity index (χ4v) is 8.92. The molecule has 12 nitrogen and oxygen atoms in total. The van der Waals surface area contributed by atoms with Crippen LogP contribution in [0.2, 0.25) is 0 Å². The van der Waals surface area contributed by atoms with Gasteiger partial charge < -0.3 is 14.4 Å². The second kappa shape index (κ2) is 14.6. The van der Waals surface area contributed by atoms with E-state index in [-0.39, 0.29) is 18.4 Å². The molecular weight excluding hydrogens is 738 g/mol. The van der Waals surface area contributed by atoms with Crippen LogP contribution in [0.5, 0.6) is 0 Å². The van der Waals surface area contributed by atoms with E-state index in [1.807, 2.05) is 36.4 Å². The summed E-state index contributed by atoms with van der Waals surface area (Å²) in [5.74, 6) is -0.503. The molecule has 294 valence electrons. The van der Waals surface area contributed by atoms with Crippen LogP contribution in [0, 0.1) is 5.92 Å². The van der Waals surface area contributed by atoms with Crippen LogP contribution in [0.15, 0.2) is 73.2 Å². The highest BCUT2D eigenvalue weighted by Crippen LogP contribution is 2.35. The van der Waals surface area contributed by atoms with E-state index in [2.05, 4.69) is 25.0 Å². The molecular formula is C42H41F3N8O4. The first-order valence-corrected chi connectivity index (χ1v) is 19.5. The van der Waals surface area contributed by atoms with Crippen molar-refractivity contribution in [1.29, 1.82) is 0 Å². The molecule has 0 saturated carbocycles. The number of hydrogen-bond donors (Lipinski definition) is 1. The number of piperazine rings is 1. The molecule has 4 aliphatic rings. The lowest BCUT2D eigenvalue weighted by molar-refractivity contribution is -0.139. The summed E-state index contributed by atoms with van der Waals surface area (Å²) in [6.45, 7) is 5.09. The minimum Gasteiger partial charge on any atom is -0.369 e. The zero-order valence-electron chi connectivity index (χ0n) is 31.2. The van der Waals surface area contributed by atoms with E-state index >= 15 is 0 Å². The van der Waals surface area contributed by atoms with Gasteiger partial charge in [-0.2, -0.15) is 13.2 Å². The molecule has 0 aliphatic carbocycles. The minimum atomic E-state index is -4.36. The largest absolute Gasteiger partial charge is 0.406 e. The van der Waals surface area contributed by atoms with Crippen molar-refractivity contribution in [1.82, 2.24) is 29.7 Å². The summed E-state index contributed by atoms with van der Waals surface area (Å²) in [5, 5.41) is 3.66. The first kappa shape index (κ1) is 36.8. The quantitative estimate of drug-likeness (QED) is 0.199. The monoisotopic (exact) mass is 778 g/mol. The lowest BCUT2D eigenvalue weighted by Crippen LogP contribution is -2.54. The number of halogens is 3. The molecule has 1 atom stereocenters. The number of imide groups is 2. The minimum absolute atomic E-state index is 0.0844. The number of nitrogens with one attached hydrogen (secondary N) is 1. The Labute approximate surface area is 326 Å². The maximum Gasteiger partial charge on any atom is 0.406 e. The number of rotatable bonds is 8. The lowest BCUT2D eigenvalue weighted by Gasteiger charge is -2.38. The predicted molar refractivity (Wildman–Crippen MR) is 208 cm³/mol. The number of carbonyl (C=O) groups is 4. The molecule has 3 fully saturated rings. The van der Waals surface area contributed by atoms with Gasteiger partial charge >= 0.3 is 6.18 Å². The fourth-order valence-electron chi connectivity index (χ4n) is 8.92. The van der Waals surface area contributed by atoms with Crippen LogP contribution >= 0.6 is 0 Å². The van der Waals surface area contributed by atoms with E-state index in [1.165, 1.54) is 10.8 Å². The molecule has 1 N–H and O–H groups in total. The molecule has 15 heteroatoms. The molecule has 1 unspecified atom stereocenters. The van der Waals surface area contributed by atoms with Crippen LogP contribution in [0.1, 0.15) is 52.8 Å². The van der Waals surface area contributed by atoms with Crippen molar-refractivity contribution in [2.75, 3.05) is 55.6 Å². The number of alkyl halides is 3. The van der Waals surface area contributed by atoms with Crippen LogP contribution in [-0.2, 0) is 16.1 Å². The number of hydrogen-bond acceptors (Lipinski definition) is 9. The Morgan fingerprint density at radius 3 is 2.25 bits per heavy atom. The maximum absolute atomic E-state index is 13.6. The molecule has 5 aromatic rings. The highest BCUT2D eigenvalue weighted by atomic mass is 19.4. The van der Waals surface area contributed by atoms with Gasteiger partial charge in [-0.25, -0.2) is 4.98 Å². The van der Waals surface area contributed by atoms with Gasteiger partial charge in [0.15, 0.2) is 0 Å². The zero-order valence-corrected chi connectivity index (χ0v) is 31.2. The van der Waals surface area contributed by atoms with E-state index < -0.39 is 42.4 Å². The third-order valence-corrected chi connectivity index (χ3v) is 12.0. The topological polar surface area (TPSA) is 124 Å². The van der Waals surface area contributed by atoms with E-state index in [9.17, 15) is 32.3 Å². The Balaban J connectivity index is 0.762. The second-order valence-electron chi connectivity index (χ2n) is 15.5. The molecule has 7 heterocycles. The van der Waals surface area contributed by atoms with E-state index in [0.717, 1.165) is 98.0 Å². The van der Waals surface area contributed by atoms with Gasteiger partial charge in [0.05, 0.1) is 22.2 Å². The molecule has 0 bridgehead atoms. The van der Waals surface area contributed by atoms with Crippen molar-refractivity contribution in [3.05, 3.63) is 84.3 Å². The summed E-state index contributed by atoms with van der Waals surface area (Å²) in [7, 11) is 0. The number of amides is 4. The summed E-state index contributed by atoms with van der Waals surface area (Å²) >= 11 is 0. The number of aromatic nitrogens is 3.